The van der Waals surface area contributed by atoms with E-state index >= 15 is 0 Å². The second-order valence-electron chi connectivity index (χ2n) is 4.83. The van der Waals surface area contributed by atoms with E-state index < -0.39 is 0 Å². The Kier molecular flexibility index (Phi) is 16.0. The number of aliphatic imine (C=N–C) groups is 1. The summed E-state index contributed by atoms with van der Waals surface area (Å²) in [6, 6.07) is 5.32. The highest BCUT2D eigenvalue weighted by Gasteiger charge is 2.08. The van der Waals surface area contributed by atoms with Crippen molar-refractivity contribution in [3.63, 3.8) is 0 Å². The van der Waals surface area contributed by atoms with Gasteiger partial charge in [-0.15, -0.1) is 24.8 Å². The summed E-state index contributed by atoms with van der Waals surface area (Å²) in [5.41, 5.74) is 12.3. The molecule has 1 unspecified atom stereocenters. The van der Waals surface area contributed by atoms with E-state index in [0.717, 1.165) is 31.5 Å². The standard InChI is InChI=1S/C15H23Cl2N3.2ClH/c16-14-6-5-7-15(17)13(14)10-12(19)11-20-9-4-2-1-3-8-18;;/h5-7,11-12H,1-4,8-10,18-19H2;2*1H. The molecule has 0 amide bonds. The normalized spacial score (nSPS) is 11.8. The van der Waals surface area contributed by atoms with Gasteiger partial charge in [0, 0.05) is 28.8 Å². The van der Waals surface area contributed by atoms with Crippen molar-refractivity contribution in [3.05, 3.63) is 33.8 Å². The van der Waals surface area contributed by atoms with Crippen LogP contribution in [0.4, 0.5) is 0 Å². The van der Waals surface area contributed by atoms with Gasteiger partial charge in [0.1, 0.15) is 0 Å². The molecule has 0 bridgehead atoms. The van der Waals surface area contributed by atoms with Gasteiger partial charge in [0.2, 0.25) is 0 Å². The summed E-state index contributed by atoms with van der Waals surface area (Å²) in [6.07, 6.45) is 6.91. The van der Waals surface area contributed by atoms with Crippen LogP contribution in [0, 0.1) is 0 Å². The molecule has 1 aromatic rings. The monoisotopic (exact) mass is 387 g/mol. The molecule has 0 heterocycles. The minimum atomic E-state index is -0.156. The maximum atomic E-state index is 6.11. The summed E-state index contributed by atoms with van der Waals surface area (Å²) < 4.78 is 0. The highest BCUT2D eigenvalue weighted by molar-refractivity contribution is 6.36. The molecule has 22 heavy (non-hydrogen) atoms. The Labute approximate surface area is 155 Å². The van der Waals surface area contributed by atoms with Gasteiger partial charge in [0.05, 0.1) is 0 Å². The molecule has 0 aliphatic rings. The smallest absolute Gasteiger partial charge is 0.0453 e. The molecule has 0 saturated carbocycles. The third kappa shape index (κ3) is 9.88. The second kappa shape index (κ2) is 14.6. The number of hydrogen-bond donors (Lipinski definition) is 2. The minimum Gasteiger partial charge on any atom is -0.330 e. The molecule has 0 saturated heterocycles. The van der Waals surface area contributed by atoms with Crippen LogP contribution in [0.15, 0.2) is 23.2 Å². The van der Waals surface area contributed by atoms with Crippen molar-refractivity contribution < 1.29 is 0 Å². The summed E-state index contributed by atoms with van der Waals surface area (Å²) in [5, 5.41) is 1.31. The highest BCUT2D eigenvalue weighted by atomic mass is 35.5. The summed E-state index contributed by atoms with van der Waals surface area (Å²) in [4.78, 5) is 4.36. The third-order valence-electron chi connectivity index (χ3n) is 3.04. The lowest BCUT2D eigenvalue weighted by Crippen LogP contribution is -2.24. The van der Waals surface area contributed by atoms with Crippen molar-refractivity contribution in [3.8, 4) is 0 Å². The van der Waals surface area contributed by atoms with Crippen LogP contribution in [0.3, 0.4) is 0 Å². The molecule has 7 heteroatoms. The average molecular weight is 389 g/mol. The number of nitrogens with two attached hydrogens (primary N) is 2. The molecule has 1 aromatic carbocycles. The maximum absolute atomic E-state index is 6.11. The number of benzene rings is 1. The van der Waals surface area contributed by atoms with E-state index in [-0.39, 0.29) is 30.9 Å². The quantitative estimate of drug-likeness (QED) is 0.489. The average Bonchev–Trinajstić information content (AvgIpc) is 2.42. The Hall–Kier alpha value is -0.0300. The predicted octanol–water partition coefficient (Wildman–Crippen LogP) is 4.30. The van der Waals surface area contributed by atoms with Crippen molar-refractivity contribution >= 4 is 54.2 Å². The number of rotatable bonds is 9. The summed E-state index contributed by atoms with van der Waals surface area (Å²) >= 11 is 12.2. The van der Waals surface area contributed by atoms with Gasteiger partial charge < -0.3 is 11.5 Å². The fourth-order valence-corrected chi connectivity index (χ4v) is 2.48. The summed E-state index contributed by atoms with van der Waals surface area (Å²) in [5.74, 6) is 0. The lowest BCUT2D eigenvalue weighted by atomic mass is 10.1. The Balaban J connectivity index is 0. The molecular weight excluding hydrogens is 364 g/mol. The van der Waals surface area contributed by atoms with Gasteiger partial charge in [-0.05, 0) is 43.5 Å². The van der Waals surface area contributed by atoms with Crippen molar-refractivity contribution in [2.24, 2.45) is 16.5 Å². The van der Waals surface area contributed by atoms with E-state index in [1.54, 1.807) is 6.21 Å². The molecule has 0 aromatic heterocycles. The lowest BCUT2D eigenvalue weighted by molar-refractivity contribution is 0.653. The van der Waals surface area contributed by atoms with Crippen LogP contribution in [-0.2, 0) is 6.42 Å². The first-order valence-electron chi connectivity index (χ1n) is 7.03. The van der Waals surface area contributed by atoms with E-state index in [4.69, 9.17) is 34.7 Å². The largest absolute Gasteiger partial charge is 0.330 e. The second-order valence-corrected chi connectivity index (χ2v) is 5.64. The number of nitrogens with zero attached hydrogens (tertiary/aromatic N) is 1. The molecule has 0 radical (unpaired) electrons. The maximum Gasteiger partial charge on any atom is 0.0453 e. The molecule has 0 spiro atoms. The van der Waals surface area contributed by atoms with Crippen molar-refractivity contribution in [1.82, 2.24) is 0 Å². The highest BCUT2D eigenvalue weighted by Crippen LogP contribution is 2.24. The first-order valence-corrected chi connectivity index (χ1v) is 7.79. The van der Waals surface area contributed by atoms with Crippen molar-refractivity contribution in [1.29, 1.82) is 0 Å². The number of hydrogen-bond acceptors (Lipinski definition) is 3. The fraction of sp³-hybridized carbons (Fsp3) is 0.533. The van der Waals surface area contributed by atoms with Gasteiger partial charge in [0.25, 0.3) is 0 Å². The van der Waals surface area contributed by atoms with Crippen LogP contribution in [0.2, 0.25) is 10.0 Å². The Morgan fingerprint density at radius 3 is 2.23 bits per heavy atom. The van der Waals surface area contributed by atoms with Crippen molar-refractivity contribution in [2.75, 3.05) is 13.1 Å². The van der Waals surface area contributed by atoms with E-state index in [1.165, 1.54) is 12.8 Å². The van der Waals surface area contributed by atoms with E-state index in [9.17, 15) is 0 Å². The van der Waals surface area contributed by atoms with E-state index in [2.05, 4.69) is 4.99 Å². The topological polar surface area (TPSA) is 64.4 Å². The zero-order valence-electron chi connectivity index (χ0n) is 12.5. The minimum absolute atomic E-state index is 0. The molecule has 0 aliphatic carbocycles. The van der Waals surface area contributed by atoms with Crippen LogP contribution in [0.25, 0.3) is 0 Å². The fourth-order valence-electron chi connectivity index (χ4n) is 1.93. The first-order chi connectivity index (χ1) is 9.65. The molecule has 1 rings (SSSR count). The van der Waals surface area contributed by atoms with E-state index in [0.29, 0.717) is 16.5 Å². The molecule has 128 valence electrons. The Morgan fingerprint density at radius 2 is 1.64 bits per heavy atom. The first kappa shape index (κ1) is 24.2. The molecule has 1 atom stereocenters. The number of unbranched alkanes of at least 4 members (excludes halogenated alkanes) is 3. The van der Waals surface area contributed by atoms with Crippen LogP contribution < -0.4 is 11.5 Å². The zero-order valence-corrected chi connectivity index (χ0v) is 15.7. The van der Waals surface area contributed by atoms with Crippen LogP contribution in [-0.4, -0.2) is 25.3 Å². The van der Waals surface area contributed by atoms with Crippen LogP contribution in [0.5, 0.6) is 0 Å². The Bertz CT molecular complexity index is 407. The molecule has 3 nitrogen and oxygen atoms in total. The van der Waals surface area contributed by atoms with Gasteiger partial charge >= 0.3 is 0 Å². The van der Waals surface area contributed by atoms with Gasteiger partial charge in [-0.1, -0.05) is 42.1 Å². The van der Waals surface area contributed by atoms with Gasteiger partial charge in [0.15, 0.2) is 0 Å². The Morgan fingerprint density at radius 1 is 1.05 bits per heavy atom. The molecule has 4 N–H and O–H groups in total. The predicted molar refractivity (Wildman–Crippen MR) is 104 cm³/mol. The number of halogens is 4. The third-order valence-corrected chi connectivity index (χ3v) is 3.75. The zero-order chi connectivity index (χ0) is 14.8. The molecule has 0 fully saturated rings. The van der Waals surface area contributed by atoms with Crippen LogP contribution >= 0.6 is 48.0 Å². The molecule has 0 aliphatic heterocycles. The van der Waals surface area contributed by atoms with Crippen molar-refractivity contribution in [2.45, 2.75) is 38.1 Å². The van der Waals surface area contributed by atoms with E-state index in [1.807, 2.05) is 18.2 Å². The summed E-state index contributed by atoms with van der Waals surface area (Å²) in [7, 11) is 0. The lowest BCUT2D eigenvalue weighted by Gasteiger charge is -2.09. The van der Waals surface area contributed by atoms with Gasteiger partial charge in [-0.2, -0.15) is 0 Å². The van der Waals surface area contributed by atoms with Gasteiger partial charge in [-0.25, -0.2) is 0 Å². The van der Waals surface area contributed by atoms with Crippen LogP contribution in [0.1, 0.15) is 31.2 Å². The van der Waals surface area contributed by atoms with Gasteiger partial charge in [-0.3, -0.25) is 4.99 Å². The molecular formula is C15H25Cl4N3. The summed E-state index contributed by atoms with van der Waals surface area (Å²) in [6.45, 7) is 1.58. The SMILES string of the molecule is Cl.Cl.NCCCCCCN=CC(N)Cc1c(Cl)cccc1Cl.